The van der Waals surface area contributed by atoms with E-state index in [0.29, 0.717) is 23.4 Å². The summed E-state index contributed by atoms with van der Waals surface area (Å²) < 4.78 is 5.41. The quantitative estimate of drug-likeness (QED) is 0.732. The van der Waals surface area contributed by atoms with Gasteiger partial charge in [-0.2, -0.15) is 11.8 Å². The molecule has 124 valence electrons. The van der Waals surface area contributed by atoms with Crippen LogP contribution in [-0.4, -0.2) is 42.2 Å². The molecule has 0 spiro atoms. The molecule has 1 aromatic heterocycles. The van der Waals surface area contributed by atoms with E-state index >= 15 is 0 Å². The molecule has 1 aromatic carbocycles. The Morgan fingerprint density at radius 1 is 1.26 bits per heavy atom. The summed E-state index contributed by atoms with van der Waals surface area (Å²) in [5, 5.41) is 11.1. The van der Waals surface area contributed by atoms with Crippen LogP contribution < -0.4 is 10.2 Å². The number of hydrogen-bond donors (Lipinski definition) is 1. The molecule has 0 saturated heterocycles. The van der Waals surface area contributed by atoms with Crippen molar-refractivity contribution in [3.63, 3.8) is 0 Å². The molecule has 2 aromatic rings. The van der Waals surface area contributed by atoms with Crippen LogP contribution in [0, 0.1) is 0 Å². The molecule has 0 atom stereocenters. The van der Waals surface area contributed by atoms with E-state index in [1.54, 1.807) is 11.8 Å². The van der Waals surface area contributed by atoms with Crippen LogP contribution in [0.2, 0.25) is 0 Å². The number of rotatable bonds is 8. The predicted octanol–water partition coefficient (Wildman–Crippen LogP) is 2.41. The minimum Gasteiger partial charge on any atom is -0.415 e. The number of carbonyl (C=O) groups excluding carboxylic acids is 1. The molecule has 1 heterocycles. The third-order valence-electron chi connectivity index (χ3n) is 2.99. The van der Waals surface area contributed by atoms with Crippen LogP contribution in [0.4, 0.5) is 5.69 Å². The van der Waals surface area contributed by atoms with Gasteiger partial charge in [-0.25, -0.2) is 0 Å². The van der Waals surface area contributed by atoms with Gasteiger partial charge in [-0.05, 0) is 24.0 Å². The number of amides is 1. The SMILES string of the molecule is CSCc1nnc(SCC(=O)NCc2ccc(N(C)C)cc2)o1. The van der Waals surface area contributed by atoms with Gasteiger partial charge < -0.3 is 14.6 Å². The summed E-state index contributed by atoms with van der Waals surface area (Å²) in [7, 11) is 3.99. The molecule has 2 rings (SSSR count). The van der Waals surface area contributed by atoms with Gasteiger partial charge in [0.2, 0.25) is 11.8 Å². The normalized spacial score (nSPS) is 10.6. The average molecular weight is 352 g/mol. The fraction of sp³-hybridized carbons (Fsp3) is 0.400. The maximum absolute atomic E-state index is 11.9. The maximum Gasteiger partial charge on any atom is 0.277 e. The summed E-state index contributed by atoms with van der Waals surface area (Å²) in [6.07, 6.45) is 1.97. The zero-order valence-electron chi connectivity index (χ0n) is 13.4. The van der Waals surface area contributed by atoms with E-state index in [1.807, 2.05) is 49.5 Å². The van der Waals surface area contributed by atoms with Gasteiger partial charge in [0, 0.05) is 26.3 Å². The highest BCUT2D eigenvalue weighted by Gasteiger charge is 2.09. The Bertz CT molecular complexity index is 629. The van der Waals surface area contributed by atoms with Crippen molar-refractivity contribution in [2.75, 3.05) is 31.0 Å². The van der Waals surface area contributed by atoms with Gasteiger partial charge in [0.1, 0.15) is 0 Å². The summed E-state index contributed by atoms with van der Waals surface area (Å²) in [6.45, 7) is 0.509. The molecule has 0 aliphatic carbocycles. The van der Waals surface area contributed by atoms with Gasteiger partial charge in [0.15, 0.2) is 0 Å². The lowest BCUT2D eigenvalue weighted by Gasteiger charge is -2.12. The molecule has 0 aliphatic heterocycles. The van der Waals surface area contributed by atoms with Crippen LogP contribution in [0.15, 0.2) is 33.9 Å². The molecule has 0 radical (unpaired) electrons. The van der Waals surface area contributed by atoms with Gasteiger partial charge >= 0.3 is 0 Å². The summed E-state index contributed by atoms with van der Waals surface area (Å²) >= 11 is 2.86. The molecule has 0 fully saturated rings. The van der Waals surface area contributed by atoms with E-state index in [0.717, 1.165) is 11.3 Å². The number of anilines is 1. The van der Waals surface area contributed by atoms with E-state index in [-0.39, 0.29) is 11.7 Å². The topological polar surface area (TPSA) is 71.3 Å². The van der Waals surface area contributed by atoms with E-state index in [2.05, 4.69) is 15.5 Å². The van der Waals surface area contributed by atoms with Crippen LogP contribution >= 0.6 is 23.5 Å². The summed E-state index contributed by atoms with van der Waals surface area (Å²) in [4.78, 5) is 13.9. The lowest BCUT2D eigenvalue weighted by Crippen LogP contribution is -2.24. The standard InChI is InChI=1S/C15H20N4O2S2/c1-19(2)12-6-4-11(5-7-12)8-16-13(20)9-23-15-18-17-14(21-15)10-22-3/h4-7H,8-10H2,1-3H3,(H,16,20). The van der Waals surface area contributed by atoms with Gasteiger partial charge in [-0.15, -0.1) is 10.2 Å². The molecule has 23 heavy (non-hydrogen) atoms. The fourth-order valence-electron chi connectivity index (χ4n) is 1.77. The first kappa shape index (κ1) is 17.7. The highest BCUT2D eigenvalue weighted by atomic mass is 32.2. The first-order valence-electron chi connectivity index (χ1n) is 7.05. The van der Waals surface area contributed by atoms with Crippen LogP contribution in [0.5, 0.6) is 0 Å². The van der Waals surface area contributed by atoms with Crippen LogP contribution in [0.1, 0.15) is 11.5 Å². The highest BCUT2D eigenvalue weighted by molar-refractivity contribution is 7.99. The molecule has 1 N–H and O–H groups in total. The van der Waals surface area contributed by atoms with E-state index < -0.39 is 0 Å². The zero-order chi connectivity index (χ0) is 16.7. The Balaban J connectivity index is 1.74. The average Bonchev–Trinajstić information content (AvgIpc) is 2.99. The first-order chi connectivity index (χ1) is 11.1. The number of thioether (sulfide) groups is 2. The summed E-state index contributed by atoms with van der Waals surface area (Å²) in [6, 6.07) is 8.08. The zero-order valence-corrected chi connectivity index (χ0v) is 15.0. The van der Waals surface area contributed by atoms with Crippen molar-refractivity contribution in [2.24, 2.45) is 0 Å². The number of aromatic nitrogens is 2. The van der Waals surface area contributed by atoms with Crippen molar-refractivity contribution in [1.29, 1.82) is 0 Å². The molecule has 0 aliphatic rings. The second-order valence-corrected chi connectivity index (χ2v) is 6.81. The summed E-state index contributed by atoms with van der Waals surface area (Å²) in [5.74, 6) is 1.47. The highest BCUT2D eigenvalue weighted by Crippen LogP contribution is 2.17. The Morgan fingerprint density at radius 2 is 2.00 bits per heavy atom. The second kappa shape index (κ2) is 8.83. The monoisotopic (exact) mass is 352 g/mol. The van der Waals surface area contributed by atoms with Crippen molar-refractivity contribution in [1.82, 2.24) is 15.5 Å². The molecule has 0 bridgehead atoms. The van der Waals surface area contributed by atoms with Crippen molar-refractivity contribution >= 4 is 35.1 Å². The lowest BCUT2D eigenvalue weighted by atomic mass is 10.2. The minimum absolute atomic E-state index is 0.0590. The summed E-state index contributed by atoms with van der Waals surface area (Å²) in [5.41, 5.74) is 2.20. The maximum atomic E-state index is 11.9. The number of carbonyl (C=O) groups is 1. The number of hydrogen-bond acceptors (Lipinski definition) is 7. The number of nitrogens with one attached hydrogen (secondary N) is 1. The van der Waals surface area contributed by atoms with Crippen LogP contribution in [-0.2, 0) is 17.1 Å². The van der Waals surface area contributed by atoms with Crippen LogP contribution in [0.3, 0.4) is 0 Å². The third kappa shape index (κ3) is 5.80. The largest absolute Gasteiger partial charge is 0.415 e. The number of benzene rings is 1. The van der Waals surface area contributed by atoms with Crippen molar-refractivity contribution in [3.05, 3.63) is 35.7 Å². The van der Waals surface area contributed by atoms with Gasteiger partial charge in [-0.3, -0.25) is 4.79 Å². The molecule has 6 nitrogen and oxygen atoms in total. The van der Waals surface area contributed by atoms with E-state index in [4.69, 9.17) is 4.42 Å². The first-order valence-corrected chi connectivity index (χ1v) is 9.43. The molecular weight excluding hydrogens is 332 g/mol. The van der Waals surface area contributed by atoms with Gasteiger partial charge in [-0.1, -0.05) is 23.9 Å². The van der Waals surface area contributed by atoms with Crippen molar-refractivity contribution in [2.45, 2.75) is 17.5 Å². The van der Waals surface area contributed by atoms with Gasteiger partial charge in [0.25, 0.3) is 5.22 Å². The number of nitrogens with zero attached hydrogens (tertiary/aromatic N) is 3. The van der Waals surface area contributed by atoms with E-state index in [1.165, 1.54) is 11.8 Å². The van der Waals surface area contributed by atoms with Gasteiger partial charge in [0.05, 0.1) is 11.5 Å². The van der Waals surface area contributed by atoms with Crippen LogP contribution in [0.25, 0.3) is 0 Å². The molecule has 8 heteroatoms. The third-order valence-corrected chi connectivity index (χ3v) is 4.34. The van der Waals surface area contributed by atoms with E-state index in [9.17, 15) is 4.79 Å². The van der Waals surface area contributed by atoms with Crippen molar-refractivity contribution in [3.8, 4) is 0 Å². The Hall–Kier alpha value is -1.67. The second-order valence-electron chi connectivity index (χ2n) is 5.02. The Morgan fingerprint density at radius 3 is 2.65 bits per heavy atom. The lowest BCUT2D eigenvalue weighted by molar-refractivity contribution is -0.118. The fourth-order valence-corrected chi connectivity index (χ4v) is 2.74. The predicted molar refractivity (Wildman–Crippen MR) is 94.9 cm³/mol. The molecule has 1 amide bonds. The Labute approximate surface area is 144 Å². The molecular formula is C15H20N4O2S2. The molecule has 0 unspecified atom stereocenters. The molecule has 0 saturated carbocycles. The minimum atomic E-state index is -0.0590. The van der Waals surface area contributed by atoms with Crippen molar-refractivity contribution < 1.29 is 9.21 Å². The Kier molecular flexibility index (Phi) is 6.79. The smallest absolute Gasteiger partial charge is 0.277 e.